The lowest BCUT2D eigenvalue weighted by Gasteiger charge is -2.33. The number of ketones is 1. The summed E-state index contributed by atoms with van der Waals surface area (Å²) < 4.78 is 25.4. The topological polar surface area (TPSA) is 105 Å². The number of piperidine rings is 1. The van der Waals surface area contributed by atoms with Gasteiger partial charge in [-0.1, -0.05) is 30.5 Å². The van der Waals surface area contributed by atoms with Crippen molar-refractivity contribution in [1.82, 2.24) is 24.6 Å². The Balaban J connectivity index is 1.35. The third kappa shape index (κ3) is 6.42. The first-order chi connectivity index (χ1) is 20.1. The summed E-state index contributed by atoms with van der Waals surface area (Å²) >= 11 is 7.96. The molecule has 42 heavy (non-hydrogen) atoms. The van der Waals surface area contributed by atoms with Gasteiger partial charge in [-0.15, -0.1) is 0 Å². The van der Waals surface area contributed by atoms with Crippen LogP contribution in [-0.2, 0) is 4.74 Å². The number of nitrogens with one attached hydrogen (secondary N) is 2. The molecule has 5 rings (SSSR count). The van der Waals surface area contributed by atoms with Crippen molar-refractivity contribution in [2.75, 3.05) is 23.6 Å². The SMILES string of the molecule is CCCSNc1ccc(F)c(C(=O)c2c[nH]c3ncc(-c4cnn(C5CCN(C(=O)OC(C)(C)C)CC5)c4)cc23)c1Cl. The average molecular weight is 613 g/mol. The van der Waals surface area contributed by atoms with Crippen LogP contribution in [0.15, 0.2) is 43.0 Å². The number of hydrogen-bond donors (Lipinski definition) is 2. The molecule has 1 fully saturated rings. The molecule has 0 aliphatic carbocycles. The van der Waals surface area contributed by atoms with Gasteiger partial charge in [0.15, 0.2) is 5.78 Å². The lowest BCUT2D eigenvalue weighted by atomic mass is 10.0. The summed E-state index contributed by atoms with van der Waals surface area (Å²) in [6.45, 7) is 8.81. The van der Waals surface area contributed by atoms with Gasteiger partial charge in [0.1, 0.15) is 17.1 Å². The molecule has 1 aliphatic rings. The van der Waals surface area contributed by atoms with E-state index in [4.69, 9.17) is 16.3 Å². The quantitative estimate of drug-likeness (QED) is 0.121. The lowest BCUT2D eigenvalue weighted by Crippen LogP contribution is -2.42. The first kappa shape index (κ1) is 29.9. The normalized spacial score (nSPS) is 14.4. The molecule has 9 nitrogen and oxygen atoms in total. The van der Waals surface area contributed by atoms with Crippen LogP contribution in [0.1, 0.15) is 68.9 Å². The number of pyridine rings is 1. The van der Waals surface area contributed by atoms with Gasteiger partial charge in [-0.2, -0.15) is 5.10 Å². The molecule has 0 spiro atoms. The molecule has 4 aromatic rings. The third-order valence-corrected chi connectivity index (χ3v) is 8.38. The van der Waals surface area contributed by atoms with E-state index in [0.29, 0.717) is 29.8 Å². The number of rotatable bonds is 8. The van der Waals surface area contributed by atoms with E-state index in [1.54, 1.807) is 17.3 Å². The van der Waals surface area contributed by atoms with E-state index < -0.39 is 17.2 Å². The van der Waals surface area contributed by atoms with Gasteiger partial charge in [-0.3, -0.25) is 9.48 Å². The zero-order valence-corrected chi connectivity index (χ0v) is 25.6. The van der Waals surface area contributed by atoms with Crippen molar-refractivity contribution in [3.8, 4) is 11.1 Å². The Hall–Kier alpha value is -3.57. The Bertz CT molecular complexity index is 1610. The molecule has 1 aliphatic heterocycles. The lowest BCUT2D eigenvalue weighted by molar-refractivity contribution is 0.0184. The Morgan fingerprint density at radius 2 is 1.98 bits per heavy atom. The smallest absolute Gasteiger partial charge is 0.410 e. The summed E-state index contributed by atoms with van der Waals surface area (Å²) in [5.74, 6) is -0.372. The van der Waals surface area contributed by atoms with Crippen molar-refractivity contribution in [3.63, 3.8) is 0 Å². The number of carbonyl (C=O) groups is 2. The van der Waals surface area contributed by atoms with E-state index >= 15 is 0 Å². The summed E-state index contributed by atoms with van der Waals surface area (Å²) in [4.78, 5) is 35.3. The van der Waals surface area contributed by atoms with E-state index in [9.17, 15) is 14.0 Å². The highest BCUT2D eigenvalue weighted by Crippen LogP contribution is 2.34. The summed E-state index contributed by atoms with van der Waals surface area (Å²) in [5.41, 5.74) is 2.17. The fourth-order valence-electron chi connectivity index (χ4n) is 4.88. The summed E-state index contributed by atoms with van der Waals surface area (Å²) in [7, 11) is 0. The fraction of sp³-hybridized carbons (Fsp3) is 0.400. The predicted molar refractivity (Wildman–Crippen MR) is 165 cm³/mol. The molecule has 0 atom stereocenters. The second-order valence-electron chi connectivity index (χ2n) is 11.3. The van der Waals surface area contributed by atoms with Gasteiger partial charge >= 0.3 is 6.09 Å². The van der Waals surface area contributed by atoms with Crippen LogP contribution < -0.4 is 4.72 Å². The van der Waals surface area contributed by atoms with E-state index in [2.05, 4.69) is 26.7 Å². The number of fused-ring (bicyclic) bond motifs is 1. The van der Waals surface area contributed by atoms with E-state index in [-0.39, 0.29) is 28.3 Å². The van der Waals surface area contributed by atoms with E-state index in [1.807, 2.05) is 37.7 Å². The first-order valence-corrected chi connectivity index (χ1v) is 15.3. The van der Waals surface area contributed by atoms with Gasteiger partial charge in [0.25, 0.3) is 0 Å². The van der Waals surface area contributed by atoms with Crippen LogP contribution in [0, 0.1) is 5.82 Å². The van der Waals surface area contributed by atoms with Crippen molar-refractivity contribution in [2.24, 2.45) is 0 Å². The van der Waals surface area contributed by atoms with Crippen molar-refractivity contribution in [1.29, 1.82) is 0 Å². The Morgan fingerprint density at radius 3 is 2.69 bits per heavy atom. The van der Waals surface area contributed by atoms with Crippen LogP contribution >= 0.6 is 23.5 Å². The van der Waals surface area contributed by atoms with Crippen LogP contribution in [0.25, 0.3) is 22.2 Å². The molecule has 2 N–H and O–H groups in total. The zero-order valence-electron chi connectivity index (χ0n) is 24.0. The molecule has 0 unspecified atom stereocenters. The minimum Gasteiger partial charge on any atom is -0.444 e. The van der Waals surface area contributed by atoms with Gasteiger partial charge in [0.2, 0.25) is 0 Å². The molecule has 0 bridgehead atoms. The van der Waals surface area contributed by atoms with Crippen molar-refractivity contribution in [3.05, 3.63) is 65.0 Å². The number of likely N-dealkylation sites (tertiary alicyclic amines) is 1. The van der Waals surface area contributed by atoms with Crippen LogP contribution in [0.2, 0.25) is 5.02 Å². The van der Waals surface area contributed by atoms with Gasteiger partial charge in [0, 0.05) is 59.5 Å². The third-order valence-electron chi connectivity index (χ3n) is 7.01. The second-order valence-corrected chi connectivity index (χ2v) is 12.6. The monoisotopic (exact) mass is 612 g/mol. The number of nitrogens with zero attached hydrogens (tertiary/aromatic N) is 4. The number of amides is 1. The maximum Gasteiger partial charge on any atom is 0.410 e. The molecule has 222 valence electrons. The molecule has 12 heteroatoms. The number of anilines is 1. The van der Waals surface area contributed by atoms with Gasteiger partial charge < -0.3 is 19.3 Å². The first-order valence-electron chi connectivity index (χ1n) is 14.0. The molecule has 0 saturated carbocycles. The molecule has 4 heterocycles. The molecule has 1 saturated heterocycles. The Kier molecular flexibility index (Phi) is 8.79. The van der Waals surface area contributed by atoms with Gasteiger partial charge in [-0.25, -0.2) is 14.2 Å². The highest BCUT2D eigenvalue weighted by atomic mass is 35.5. The fourth-order valence-corrected chi connectivity index (χ4v) is 5.85. The maximum absolute atomic E-state index is 14.9. The number of halogens is 2. The summed E-state index contributed by atoms with van der Waals surface area (Å²) in [6, 6.07) is 4.77. The largest absolute Gasteiger partial charge is 0.444 e. The maximum atomic E-state index is 14.9. The Labute approximate surface area is 253 Å². The van der Waals surface area contributed by atoms with Crippen LogP contribution in [0.5, 0.6) is 0 Å². The number of aromatic nitrogens is 4. The number of carbonyl (C=O) groups excluding carboxylic acids is 2. The van der Waals surface area contributed by atoms with Gasteiger partial charge in [-0.05, 0) is 58.2 Å². The number of H-pyrrole nitrogens is 1. The summed E-state index contributed by atoms with van der Waals surface area (Å²) in [5, 5.41) is 5.19. The molecule has 3 aromatic heterocycles. The minimum absolute atomic E-state index is 0.0426. The molecule has 1 aromatic carbocycles. The minimum atomic E-state index is -0.687. The Morgan fingerprint density at radius 1 is 1.21 bits per heavy atom. The van der Waals surface area contributed by atoms with Gasteiger partial charge in [0.05, 0.1) is 28.5 Å². The van der Waals surface area contributed by atoms with Crippen LogP contribution in [-0.4, -0.2) is 61.0 Å². The highest BCUT2D eigenvalue weighted by molar-refractivity contribution is 8.00. The zero-order chi connectivity index (χ0) is 30.0. The van der Waals surface area contributed by atoms with Crippen molar-refractivity contribution in [2.45, 2.75) is 58.6 Å². The number of hydrogen-bond acceptors (Lipinski definition) is 7. The van der Waals surface area contributed by atoms with Crippen molar-refractivity contribution < 1.29 is 18.7 Å². The van der Waals surface area contributed by atoms with Crippen LogP contribution in [0.4, 0.5) is 14.9 Å². The summed E-state index contributed by atoms with van der Waals surface area (Å²) in [6.07, 6.45) is 9.13. The van der Waals surface area contributed by atoms with E-state index in [0.717, 1.165) is 36.1 Å². The highest BCUT2D eigenvalue weighted by Gasteiger charge is 2.28. The second kappa shape index (κ2) is 12.3. The number of ether oxygens (including phenoxy) is 1. The molecule has 0 radical (unpaired) electrons. The standard InChI is InChI=1S/C30H34ClFN6O3S/c1-5-12-42-36-24-7-6-23(32)25(26(24)31)27(39)22-16-34-28-21(22)13-18(14-33-28)19-15-35-38(17-19)20-8-10-37(11-9-20)29(40)41-30(2,3)4/h6-7,13-17,20,36H,5,8-12H2,1-4H3,(H,33,34). The molecular formula is C30H34ClFN6O3S. The van der Waals surface area contributed by atoms with Crippen molar-refractivity contribution >= 4 is 52.1 Å². The number of aromatic amines is 1. The predicted octanol–water partition coefficient (Wildman–Crippen LogP) is 7.49. The van der Waals surface area contributed by atoms with Crippen LogP contribution in [0.3, 0.4) is 0 Å². The number of benzene rings is 1. The van der Waals surface area contributed by atoms with E-state index in [1.165, 1.54) is 30.3 Å². The molecule has 1 amide bonds. The molecular weight excluding hydrogens is 579 g/mol. The average Bonchev–Trinajstić information content (AvgIpc) is 3.61.